The molecule has 0 aliphatic heterocycles. The van der Waals surface area contributed by atoms with Crippen molar-refractivity contribution in [1.29, 1.82) is 0 Å². The zero-order valence-electron chi connectivity index (χ0n) is 7.26. The minimum Gasteiger partial charge on any atom is -0.358 e. The zero-order valence-corrected chi connectivity index (χ0v) is 9.53. The van der Waals surface area contributed by atoms with Gasteiger partial charge in [0.05, 0.1) is 0 Å². The summed E-state index contributed by atoms with van der Waals surface area (Å²) < 4.78 is 0. The van der Waals surface area contributed by atoms with E-state index < -0.39 is 0 Å². The van der Waals surface area contributed by atoms with Gasteiger partial charge in [-0.15, -0.1) is 0 Å². The molecule has 0 aromatic rings. The molecular weight excluding hydrogens is 303 g/mol. The topological polar surface area (TPSA) is 0 Å². The fraction of sp³-hybridized carbons (Fsp3) is 0.222. The van der Waals surface area contributed by atoms with E-state index in [2.05, 4.69) is 25.2 Å². The molecule has 0 saturated carbocycles. The van der Waals surface area contributed by atoms with Gasteiger partial charge in [-0.25, -0.2) is 0 Å². The van der Waals surface area contributed by atoms with Crippen molar-refractivity contribution in [2.45, 2.75) is 13.3 Å². The van der Waals surface area contributed by atoms with Crippen LogP contribution >= 0.6 is 0 Å². The molecular formula is C9H17Pt-3. The average molecular weight is 320 g/mol. The summed E-state index contributed by atoms with van der Waals surface area (Å²) >= 11 is 0. The molecule has 0 unspecified atom stereocenters. The normalized spacial score (nSPS) is 11.1. The molecule has 0 amide bonds. The second-order valence-electron chi connectivity index (χ2n) is 1.65. The second-order valence-corrected chi connectivity index (χ2v) is 1.65. The first-order valence-electron chi connectivity index (χ1n) is 2.22. The van der Waals surface area contributed by atoms with Gasteiger partial charge in [-0.3, -0.25) is 0 Å². The van der Waals surface area contributed by atoms with Crippen molar-refractivity contribution in [1.82, 2.24) is 0 Å². The van der Waals surface area contributed by atoms with Crippen LogP contribution in [0.25, 0.3) is 0 Å². The number of hydrogen-bond donors (Lipinski definition) is 0. The van der Waals surface area contributed by atoms with Crippen molar-refractivity contribution < 1.29 is 21.1 Å². The largest absolute Gasteiger partial charge is 0.358 e. The van der Waals surface area contributed by atoms with Crippen LogP contribution in [0.4, 0.5) is 0 Å². The smallest absolute Gasteiger partial charge is 0 e. The molecule has 0 aromatic carbocycles. The van der Waals surface area contributed by atoms with Crippen LogP contribution < -0.4 is 0 Å². The maximum Gasteiger partial charge on any atom is 0 e. The maximum atomic E-state index is 2.16. The molecule has 1 aliphatic carbocycles. The molecule has 10 heavy (non-hydrogen) atoms. The molecule has 0 nitrogen and oxygen atoms in total. The Labute approximate surface area is 80.7 Å². The van der Waals surface area contributed by atoms with Crippen LogP contribution in [-0.4, -0.2) is 0 Å². The van der Waals surface area contributed by atoms with Crippen LogP contribution in [0, 0.1) is 22.3 Å². The van der Waals surface area contributed by atoms with E-state index in [9.17, 15) is 0 Å². The molecule has 0 spiro atoms. The van der Waals surface area contributed by atoms with Crippen molar-refractivity contribution >= 4 is 0 Å². The summed E-state index contributed by atoms with van der Waals surface area (Å²) in [6, 6.07) is 0. The van der Waals surface area contributed by atoms with Crippen molar-refractivity contribution in [3.8, 4) is 0 Å². The first kappa shape index (κ1) is 22.5. The van der Waals surface area contributed by atoms with E-state index in [1.807, 2.05) is 0 Å². The Morgan fingerprint density at radius 1 is 1.20 bits per heavy atom. The molecule has 0 saturated heterocycles. The Hall–Kier alpha value is 0.168. The third kappa shape index (κ3) is 8.17. The summed E-state index contributed by atoms with van der Waals surface area (Å²) in [7, 11) is 0. The van der Waals surface area contributed by atoms with Crippen LogP contribution in [0.5, 0.6) is 0 Å². The summed E-state index contributed by atoms with van der Waals surface area (Å²) in [5.74, 6) is 0. The Morgan fingerprint density at radius 3 is 1.80 bits per heavy atom. The summed E-state index contributed by atoms with van der Waals surface area (Å²) in [5.41, 5.74) is 1.47. The van der Waals surface area contributed by atoms with E-state index in [-0.39, 0.29) is 43.3 Å². The molecule has 0 atom stereocenters. The molecule has 1 aliphatic rings. The first-order chi connectivity index (χ1) is 2.89. The summed E-state index contributed by atoms with van der Waals surface area (Å²) in [6.07, 6.45) is 7.56. The molecule has 0 radical (unpaired) electrons. The second kappa shape index (κ2) is 11.9. The molecule has 0 N–H and O–H groups in total. The fourth-order valence-corrected chi connectivity index (χ4v) is 0.554. The van der Waals surface area contributed by atoms with Crippen LogP contribution in [0.2, 0.25) is 0 Å². The zero-order chi connectivity index (χ0) is 4.41. The molecule has 0 heterocycles. The van der Waals surface area contributed by atoms with Gasteiger partial charge in [0.25, 0.3) is 0 Å². The molecule has 66 valence electrons. The Morgan fingerprint density at radius 2 is 1.70 bits per heavy atom. The van der Waals surface area contributed by atoms with Gasteiger partial charge in [0.2, 0.25) is 0 Å². The summed E-state index contributed by atoms with van der Waals surface area (Å²) in [5, 5.41) is 0. The number of hydrogen-bond acceptors (Lipinski definition) is 0. The van der Waals surface area contributed by atoms with E-state index in [1.54, 1.807) is 0 Å². The Kier molecular flexibility index (Phi) is 26.7. The van der Waals surface area contributed by atoms with E-state index in [0.717, 1.165) is 0 Å². The Bertz CT molecular complexity index is 101. The standard InChI is InChI=1S/C6H8.3CH3.Pt/c1-6-4-2-3-5-6;;;;/h2-4H,5H2,1H3;3*1H3;/q;3*-1;. The predicted octanol–water partition coefficient (Wildman–Crippen LogP) is 3.24. The van der Waals surface area contributed by atoms with E-state index in [0.29, 0.717) is 0 Å². The molecule has 0 aromatic heterocycles. The van der Waals surface area contributed by atoms with Crippen molar-refractivity contribution in [2.75, 3.05) is 0 Å². The minimum atomic E-state index is 0. The monoisotopic (exact) mass is 320 g/mol. The van der Waals surface area contributed by atoms with Gasteiger partial charge in [-0.05, 0) is 13.3 Å². The summed E-state index contributed by atoms with van der Waals surface area (Å²) in [6.45, 7) is 2.14. The van der Waals surface area contributed by atoms with Gasteiger partial charge in [0.15, 0.2) is 0 Å². The van der Waals surface area contributed by atoms with Gasteiger partial charge in [0.1, 0.15) is 0 Å². The van der Waals surface area contributed by atoms with Crippen LogP contribution in [0.3, 0.4) is 0 Å². The van der Waals surface area contributed by atoms with Gasteiger partial charge >= 0.3 is 0 Å². The number of allylic oxidation sites excluding steroid dienone is 4. The molecule has 1 heteroatoms. The number of rotatable bonds is 0. The van der Waals surface area contributed by atoms with E-state index in [1.165, 1.54) is 12.0 Å². The van der Waals surface area contributed by atoms with Crippen LogP contribution in [0.1, 0.15) is 13.3 Å². The van der Waals surface area contributed by atoms with Gasteiger partial charge in [0, 0.05) is 21.1 Å². The van der Waals surface area contributed by atoms with Gasteiger partial charge in [-0.1, -0.05) is 23.8 Å². The van der Waals surface area contributed by atoms with Crippen LogP contribution in [-0.2, 0) is 21.1 Å². The average Bonchev–Trinajstić information content (AvgIpc) is 1.86. The van der Waals surface area contributed by atoms with Crippen molar-refractivity contribution in [3.63, 3.8) is 0 Å². The van der Waals surface area contributed by atoms with Crippen molar-refractivity contribution in [3.05, 3.63) is 46.1 Å². The van der Waals surface area contributed by atoms with Gasteiger partial charge < -0.3 is 22.3 Å². The predicted molar refractivity (Wildman–Crippen MR) is 46.8 cm³/mol. The molecule has 0 fully saturated rings. The maximum absolute atomic E-state index is 2.16. The molecule has 0 bridgehead atoms. The quantitative estimate of drug-likeness (QED) is 0.601. The van der Waals surface area contributed by atoms with E-state index in [4.69, 9.17) is 0 Å². The van der Waals surface area contributed by atoms with Gasteiger partial charge in [-0.2, -0.15) is 0 Å². The third-order valence-corrected chi connectivity index (χ3v) is 0.957. The fourth-order valence-electron chi connectivity index (χ4n) is 0.554. The van der Waals surface area contributed by atoms with E-state index >= 15 is 0 Å². The molecule has 1 rings (SSSR count). The third-order valence-electron chi connectivity index (χ3n) is 0.957. The minimum absolute atomic E-state index is 0. The summed E-state index contributed by atoms with van der Waals surface area (Å²) in [4.78, 5) is 0. The van der Waals surface area contributed by atoms with Crippen LogP contribution in [0.15, 0.2) is 23.8 Å². The first-order valence-corrected chi connectivity index (χ1v) is 2.22. The Balaban J connectivity index is -0.0000000450. The van der Waals surface area contributed by atoms with Crippen molar-refractivity contribution in [2.24, 2.45) is 0 Å². The SMILES string of the molecule is CC1=CC=CC1.[CH3-].[CH3-].[CH3-].[Pt].